The van der Waals surface area contributed by atoms with Gasteiger partial charge in [0.25, 0.3) is 0 Å². The van der Waals surface area contributed by atoms with Crippen LogP contribution in [-0.4, -0.2) is 26.3 Å². The Hall–Kier alpha value is -1.36. The van der Waals surface area contributed by atoms with E-state index in [2.05, 4.69) is 44.1 Å². The van der Waals surface area contributed by atoms with E-state index < -0.39 is 0 Å². The molecule has 3 rings (SSSR count). The molecule has 19 heavy (non-hydrogen) atoms. The van der Waals surface area contributed by atoms with Gasteiger partial charge in [-0.2, -0.15) is 5.06 Å². The van der Waals surface area contributed by atoms with Crippen molar-refractivity contribution in [3.63, 3.8) is 0 Å². The van der Waals surface area contributed by atoms with Gasteiger partial charge in [0.15, 0.2) is 0 Å². The Morgan fingerprint density at radius 1 is 1.16 bits per heavy atom. The highest BCUT2D eigenvalue weighted by Crippen LogP contribution is 2.42. The van der Waals surface area contributed by atoms with Gasteiger partial charge in [0.05, 0.1) is 5.54 Å². The van der Waals surface area contributed by atoms with E-state index in [-0.39, 0.29) is 17.2 Å². The van der Waals surface area contributed by atoms with Gasteiger partial charge in [-0.1, -0.05) is 18.2 Å². The quantitative estimate of drug-likeness (QED) is 0.738. The minimum atomic E-state index is -0.337. The third kappa shape index (κ3) is 1.64. The Labute approximate surface area is 113 Å². The summed E-state index contributed by atoms with van der Waals surface area (Å²) >= 11 is 0. The second-order valence-corrected chi connectivity index (χ2v) is 6.37. The number of aromatic amines is 1. The molecule has 1 aromatic carbocycles. The number of nitrogens with zero attached hydrogens (tertiary/aromatic N) is 1. The fourth-order valence-corrected chi connectivity index (χ4v) is 2.72. The monoisotopic (exact) mass is 259 g/mol. The number of nitrogens with one attached hydrogen (secondary N) is 2. The first-order chi connectivity index (χ1) is 8.84. The largest absolute Gasteiger partial charge is 0.361 e. The number of fused-ring (bicyclic) bond motifs is 1. The molecule has 0 saturated carbocycles. The number of H-pyrrole nitrogens is 1. The van der Waals surface area contributed by atoms with Crippen molar-refractivity contribution >= 4 is 10.9 Å². The Balaban J connectivity index is 2.09. The number of aromatic nitrogens is 1. The minimum absolute atomic E-state index is 0.176. The molecular weight excluding hydrogens is 238 g/mol. The number of hydrogen-bond acceptors (Lipinski definition) is 3. The molecule has 1 unspecified atom stereocenters. The van der Waals surface area contributed by atoms with Gasteiger partial charge in [0, 0.05) is 28.2 Å². The van der Waals surface area contributed by atoms with Crippen LogP contribution in [0.2, 0.25) is 0 Å². The van der Waals surface area contributed by atoms with Crippen LogP contribution in [0.1, 0.15) is 39.4 Å². The molecule has 1 aromatic heterocycles. The SMILES string of the molecule is CC1(C)NC(c2c[nH]c3ccccc23)N(O)C1(C)C. The van der Waals surface area contributed by atoms with Gasteiger partial charge in [0.1, 0.15) is 6.17 Å². The lowest BCUT2D eigenvalue weighted by atomic mass is 9.84. The molecule has 4 nitrogen and oxygen atoms in total. The smallest absolute Gasteiger partial charge is 0.113 e. The fourth-order valence-electron chi connectivity index (χ4n) is 2.72. The summed E-state index contributed by atoms with van der Waals surface area (Å²) in [5, 5.41) is 16.6. The summed E-state index contributed by atoms with van der Waals surface area (Å²) in [4.78, 5) is 3.26. The Morgan fingerprint density at radius 2 is 1.84 bits per heavy atom. The first kappa shape index (κ1) is 12.7. The Kier molecular flexibility index (Phi) is 2.55. The van der Waals surface area contributed by atoms with E-state index in [4.69, 9.17) is 0 Å². The van der Waals surface area contributed by atoms with Crippen molar-refractivity contribution in [2.45, 2.75) is 44.9 Å². The summed E-state index contributed by atoms with van der Waals surface area (Å²) in [7, 11) is 0. The van der Waals surface area contributed by atoms with E-state index in [9.17, 15) is 5.21 Å². The highest BCUT2D eigenvalue weighted by Gasteiger charge is 2.52. The number of benzene rings is 1. The van der Waals surface area contributed by atoms with E-state index in [1.807, 2.05) is 24.4 Å². The van der Waals surface area contributed by atoms with Gasteiger partial charge in [-0.05, 0) is 33.8 Å². The highest BCUT2D eigenvalue weighted by atomic mass is 16.5. The predicted molar refractivity (Wildman–Crippen MR) is 76.0 cm³/mol. The average molecular weight is 259 g/mol. The lowest BCUT2D eigenvalue weighted by Gasteiger charge is -2.36. The fraction of sp³-hybridized carbons (Fsp3) is 0.467. The van der Waals surface area contributed by atoms with Crippen molar-refractivity contribution in [3.05, 3.63) is 36.0 Å². The molecule has 102 valence electrons. The average Bonchev–Trinajstić information content (AvgIpc) is 2.84. The molecule has 0 bridgehead atoms. The van der Waals surface area contributed by atoms with Crippen LogP contribution in [0, 0.1) is 0 Å². The van der Waals surface area contributed by atoms with Crippen LogP contribution in [-0.2, 0) is 0 Å². The number of hydrogen-bond donors (Lipinski definition) is 3. The summed E-state index contributed by atoms with van der Waals surface area (Å²) in [6.45, 7) is 8.33. The number of para-hydroxylation sites is 1. The summed E-state index contributed by atoms with van der Waals surface area (Å²) in [6.07, 6.45) is 1.78. The van der Waals surface area contributed by atoms with Gasteiger partial charge in [-0.25, -0.2) is 0 Å². The summed E-state index contributed by atoms with van der Waals surface area (Å²) in [5.74, 6) is 0. The molecule has 0 spiro atoms. The zero-order valence-electron chi connectivity index (χ0n) is 11.9. The van der Waals surface area contributed by atoms with Gasteiger partial charge >= 0.3 is 0 Å². The second-order valence-electron chi connectivity index (χ2n) is 6.37. The third-order valence-electron chi connectivity index (χ3n) is 4.76. The van der Waals surface area contributed by atoms with Crippen LogP contribution in [0.3, 0.4) is 0 Å². The Bertz CT molecular complexity index is 615. The maximum atomic E-state index is 10.5. The summed E-state index contributed by atoms with van der Waals surface area (Å²) < 4.78 is 0. The van der Waals surface area contributed by atoms with Gasteiger partial charge in [-0.3, -0.25) is 5.32 Å². The van der Waals surface area contributed by atoms with Gasteiger partial charge in [0.2, 0.25) is 0 Å². The summed E-state index contributed by atoms with van der Waals surface area (Å²) in [6, 6.07) is 8.16. The molecule has 0 amide bonds. The van der Waals surface area contributed by atoms with E-state index in [0.29, 0.717) is 0 Å². The molecule has 1 fully saturated rings. The third-order valence-corrected chi connectivity index (χ3v) is 4.76. The standard InChI is InChI=1S/C15H21N3O/c1-14(2)15(3,4)18(19)13(17-14)11-9-16-12-8-6-5-7-10(11)12/h5-9,13,16-17,19H,1-4H3. The minimum Gasteiger partial charge on any atom is -0.361 e. The van der Waals surface area contributed by atoms with Gasteiger partial charge < -0.3 is 10.2 Å². The molecule has 0 radical (unpaired) electrons. The van der Waals surface area contributed by atoms with Crippen LogP contribution in [0.25, 0.3) is 10.9 Å². The van der Waals surface area contributed by atoms with Crippen molar-refractivity contribution in [2.24, 2.45) is 0 Å². The van der Waals surface area contributed by atoms with Crippen LogP contribution >= 0.6 is 0 Å². The van der Waals surface area contributed by atoms with Crippen LogP contribution in [0.15, 0.2) is 30.5 Å². The maximum Gasteiger partial charge on any atom is 0.113 e. The number of hydroxylamine groups is 2. The molecule has 3 N–H and O–H groups in total. The lowest BCUT2D eigenvalue weighted by Crippen LogP contribution is -2.52. The van der Waals surface area contributed by atoms with Crippen molar-refractivity contribution < 1.29 is 5.21 Å². The lowest BCUT2D eigenvalue weighted by molar-refractivity contribution is -0.173. The molecule has 2 aromatic rings. The van der Waals surface area contributed by atoms with Crippen molar-refractivity contribution in [2.75, 3.05) is 0 Å². The second kappa shape index (κ2) is 3.82. The molecule has 1 aliphatic rings. The van der Waals surface area contributed by atoms with Crippen LogP contribution in [0.4, 0.5) is 0 Å². The zero-order chi connectivity index (χ0) is 13.8. The highest BCUT2D eigenvalue weighted by molar-refractivity contribution is 5.83. The van der Waals surface area contributed by atoms with Crippen LogP contribution in [0.5, 0.6) is 0 Å². The van der Waals surface area contributed by atoms with E-state index in [1.165, 1.54) is 5.06 Å². The van der Waals surface area contributed by atoms with E-state index in [1.54, 1.807) is 0 Å². The Morgan fingerprint density at radius 3 is 2.47 bits per heavy atom. The summed E-state index contributed by atoms with van der Waals surface area (Å²) in [5.41, 5.74) is 1.66. The van der Waals surface area contributed by atoms with Gasteiger partial charge in [-0.15, -0.1) is 0 Å². The van der Waals surface area contributed by atoms with E-state index >= 15 is 0 Å². The first-order valence-electron chi connectivity index (χ1n) is 6.66. The van der Waals surface area contributed by atoms with Crippen molar-refractivity contribution in [1.29, 1.82) is 0 Å². The van der Waals surface area contributed by atoms with Crippen LogP contribution < -0.4 is 5.32 Å². The first-order valence-corrected chi connectivity index (χ1v) is 6.66. The molecule has 4 heteroatoms. The predicted octanol–water partition coefficient (Wildman–Crippen LogP) is 3.02. The molecule has 2 heterocycles. The molecule has 1 saturated heterocycles. The number of rotatable bonds is 1. The topological polar surface area (TPSA) is 51.3 Å². The van der Waals surface area contributed by atoms with Crippen molar-refractivity contribution in [1.82, 2.24) is 15.4 Å². The molecule has 0 aliphatic carbocycles. The molecular formula is C15H21N3O. The normalized spacial score (nSPS) is 26.1. The maximum absolute atomic E-state index is 10.5. The molecule has 1 atom stereocenters. The van der Waals surface area contributed by atoms with E-state index in [0.717, 1.165) is 16.5 Å². The zero-order valence-corrected chi connectivity index (χ0v) is 11.9. The molecule has 1 aliphatic heterocycles. The van der Waals surface area contributed by atoms with Crippen molar-refractivity contribution in [3.8, 4) is 0 Å².